The third kappa shape index (κ3) is 5.99. The van der Waals surface area contributed by atoms with E-state index in [-0.39, 0.29) is 6.04 Å². The molecular weight excluding hydrogens is 168 g/mol. The molecule has 0 aromatic carbocycles. The Labute approximate surface area is 78.1 Å². The van der Waals surface area contributed by atoms with Crippen molar-refractivity contribution in [2.75, 3.05) is 0 Å². The van der Waals surface area contributed by atoms with E-state index in [1.54, 1.807) is 0 Å². The number of rotatable bonds is 5. The highest BCUT2D eigenvalue weighted by atomic mass is 16.2. The number of azide groups is 1. The van der Waals surface area contributed by atoms with Crippen LogP contribution in [0.5, 0.6) is 0 Å². The van der Waals surface area contributed by atoms with Crippen LogP contribution >= 0.6 is 0 Å². The summed E-state index contributed by atoms with van der Waals surface area (Å²) in [5.41, 5.74) is 8.00. The topological polar surface area (TPSA) is 77.9 Å². The maximum Gasteiger partial charge on any atom is 0.308 e. The van der Waals surface area contributed by atoms with E-state index in [0.717, 1.165) is 25.7 Å². The molecule has 0 radical (unpaired) electrons. The molecule has 1 atom stereocenters. The van der Waals surface area contributed by atoms with Gasteiger partial charge in [0.05, 0.1) is 0 Å². The Balaban J connectivity index is 3.82. The minimum Gasteiger partial charge on any atom is -0.348 e. The van der Waals surface area contributed by atoms with E-state index in [0.29, 0.717) is 0 Å². The maximum absolute atomic E-state index is 10.8. The van der Waals surface area contributed by atoms with E-state index in [4.69, 9.17) is 5.53 Å². The number of urea groups is 1. The van der Waals surface area contributed by atoms with E-state index in [1.807, 2.05) is 6.92 Å². The molecule has 0 rings (SSSR count). The van der Waals surface area contributed by atoms with Crippen LogP contribution in [0.3, 0.4) is 0 Å². The van der Waals surface area contributed by atoms with Gasteiger partial charge in [-0.25, -0.2) is 0 Å². The van der Waals surface area contributed by atoms with Gasteiger partial charge in [-0.3, -0.25) is 4.79 Å². The van der Waals surface area contributed by atoms with Crippen LogP contribution in [-0.2, 0) is 0 Å². The summed E-state index contributed by atoms with van der Waals surface area (Å²) >= 11 is 0. The summed E-state index contributed by atoms with van der Waals surface area (Å²) < 4.78 is 0. The van der Waals surface area contributed by atoms with Gasteiger partial charge in [0.2, 0.25) is 0 Å². The molecule has 0 heterocycles. The third-order valence-electron chi connectivity index (χ3n) is 1.86. The largest absolute Gasteiger partial charge is 0.348 e. The SMILES string of the molecule is CCCC[C@@H](CC)NC(=O)N=[N+]=[N-]. The molecule has 0 unspecified atom stereocenters. The molecule has 5 heteroatoms. The van der Waals surface area contributed by atoms with Gasteiger partial charge in [-0.2, -0.15) is 0 Å². The van der Waals surface area contributed by atoms with Gasteiger partial charge in [0.1, 0.15) is 0 Å². The van der Waals surface area contributed by atoms with Gasteiger partial charge >= 0.3 is 6.03 Å². The molecule has 5 nitrogen and oxygen atoms in total. The van der Waals surface area contributed by atoms with Crippen molar-refractivity contribution < 1.29 is 4.79 Å². The van der Waals surface area contributed by atoms with Crippen molar-refractivity contribution in [3.63, 3.8) is 0 Å². The van der Waals surface area contributed by atoms with Crippen molar-refractivity contribution in [2.45, 2.75) is 45.6 Å². The molecule has 1 N–H and O–H groups in total. The van der Waals surface area contributed by atoms with E-state index < -0.39 is 6.03 Å². The second-order valence-electron chi connectivity index (χ2n) is 2.89. The highest BCUT2D eigenvalue weighted by Gasteiger charge is 2.07. The lowest BCUT2D eigenvalue weighted by Gasteiger charge is -2.14. The molecule has 0 aliphatic heterocycles. The van der Waals surface area contributed by atoms with Gasteiger partial charge in [-0.15, -0.1) is 0 Å². The summed E-state index contributed by atoms with van der Waals surface area (Å²) in [5, 5.41) is 5.59. The monoisotopic (exact) mass is 184 g/mol. The first kappa shape index (κ1) is 11.8. The van der Waals surface area contributed by atoms with Gasteiger partial charge in [-0.1, -0.05) is 26.7 Å². The van der Waals surface area contributed by atoms with Crippen LogP contribution in [0, 0.1) is 0 Å². The fourth-order valence-corrected chi connectivity index (χ4v) is 1.07. The first-order valence-corrected chi connectivity index (χ1v) is 4.60. The Bertz CT molecular complexity index is 198. The Morgan fingerprint density at radius 1 is 1.62 bits per heavy atom. The molecular formula is C8H16N4O. The molecule has 0 aliphatic rings. The molecule has 0 aliphatic carbocycles. The second-order valence-corrected chi connectivity index (χ2v) is 2.89. The van der Waals surface area contributed by atoms with Crippen molar-refractivity contribution >= 4 is 6.03 Å². The van der Waals surface area contributed by atoms with Gasteiger partial charge in [0.25, 0.3) is 0 Å². The fourth-order valence-electron chi connectivity index (χ4n) is 1.07. The highest BCUT2D eigenvalue weighted by molar-refractivity contribution is 5.74. The number of hydrogen-bond donors (Lipinski definition) is 1. The van der Waals surface area contributed by atoms with Crippen LogP contribution in [0.15, 0.2) is 5.11 Å². The summed E-state index contributed by atoms with van der Waals surface area (Å²) in [6.07, 6.45) is 4.00. The lowest BCUT2D eigenvalue weighted by Crippen LogP contribution is -2.31. The molecule has 0 saturated carbocycles. The second kappa shape index (κ2) is 7.43. The minimum absolute atomic E-state index is 0.137. The van der Waals surface area contributed by atoms with E-state index >= 15 is 0 Å². The predicted molar refractivity (Wildman–Crippen MR) is 51.3 cm³/mol. The summed E-state index contributed by atoms with van der Waals surface area (Å²) in [4.78, 5) is 13.3. The van der Waals surface area contributed by atoms with Crippen LogP contribution in [-0.4, -0.2) is 12.1 Å². The van der Waals surface area contributed by atoms with Crippen molar-refractivity contribution in [2.24, 2.45) is 5.11 Å². The van der Waals surface area contributed by atoms with Crippen LogP contribution in [0.2, 0.25) is 0 Å². The molecule has 0 bridgehead atoms. The van der Waals surface area contributed by atoms with Gasteiger partial charge in [-0.05, 0) is 18.4 Å². The number of hydrogen-bond acceptors (Lipinski definition) is 1. The maximum atomic E-state index is 10.8. The Kier molecular flexibility index (Phi) is 6.73. The Morgan fingerprint density at radius 3 is 2.77 bits per heavy atom. The zero-order valence-electron chi connectivity index (χ0n) is 8.16. The Morgan fingerprint density at radius 2 is 2.31 bits per heavy atom. The zero-order valence-corrected chi connectivity index (χ0v) is 8.16. The van der Waals surface area contributed by atoms with Gasteiger partial charge in [0.15, 0.2) is 0 Å². The highest BCUT2D eigenvalue weighted by Crippen LogP contribution is 2.03. The number of carbonyl (C=O) groups is 1. The third-order valence-corrected chi connectivity index (χ3v) is 1.86. The van der Waals surface area contributed by atoms with E-state index in [2.05, 4.69) is 22.3 Å². The summed E-state index contributed by atoms with van der Waals surface area (Å²) in [7, 11) is 0. The van der Waals surface area contributed by atoms with Crippen LogP contribution < -0.4 is 5.32 Å². The quantitative estimate of drug-likeness (QED) is 0.398. The van der Waals surface area contributed by atoms with Crippen molar-refractivity contribution in [1.82, 2.24) is 5.32 Å². The van der Waals surface area contributed by atoms with E-state index in [9.17, 15) is 4.79 Å². The number of amides is 2. The summed E-state index contributed by atoms with van der Waals surface area (Å²) in [6, 6.07) is -0.441. The molecule has 2 amide bonds. The Hall–Kier alpha value is -1.22. The molecule has 0 aromatic heterocycles. The predicted octanol–water partition coefficient (Wildman–Crippen LogP) is 2.98. The molecule has 74 valence electrons. The number of unbranched alkanes of at least 4 members (excludes halogenated alkanes) is 1. The lowest BCUT2D eigenvalue weighted by atomic mass is 10.1. The molecule has 0 saturated heterocycles. The van der Waals surface area contributed by atoms with Crippen LogP contribution in [0.1, 0.15) is 39.5 Å². The standard InChI is InChI=1S/C8H16N4O/c1-3-5-6-7(4-2)10-8(13)11-12-9/h7H,3-6H2,1-2H3,(H,10,13)/t7-/m1/s1. The van der Waals surface area contributed by atoms with Gasteiger partial charge in [0, 0.05) is 16.1 Å². The lowest BCUT2D eigenvalue weighted by molar-refractivity contribution is 0.243. The first-order valence-electron chi connectivity index (χ1n) is 4.60. The normalized spacial score (nSPS) is 11.5. The van der Waals surface area contributed by atoms with Crippen LogP contribution in [0.4, 0.5) is 4.79 Å². The van der Waals surface area contributed by atoms with Crippen molar-refractivity contribution in [3.8, 4) is 0 Å². The molecule has 0 spiro atoms. The fraction of sp³-hybridized carbons (Fsp3) is 0.875. The minimum atomic E-state index is -0.578. The summed E-state index contributed by atoms with van der Waals surface area (Å²) in [5.74, 6) is 0. The smallest absolute Gasteiger partial charge is 0.308 e. The average Bonchev–Trinajstić information content (AvgIpc) is 2.12. The molecule has 13 heavy (non-hydrogen) atoms. The zero-order chi connectivity index (χ0) is 10.1. The van der Waals surface area contributed by atoms with Crippen molar-refractivity contribution in [3.05, 3.63) is 10.4 Å². The summed E-state index contributed by atoms with van der Waals surface area (Å²) in [6.45, 7) is 4.10. The van der Waals surface area contributed by atoms with Gasteiger partial charge < -0.3 is 5.32 Å². The molecule has 0 aromatic rings. The first-order chi connectivity index (χ1) is 6.24. The molecule has 0 fully saturated rings. The average molecular weight is 184 g/mol. The van der Waals surface area contributed by atoms with Crippen molar-refractivity contribution in [1.29, 1.82) is 0 Å². The number of carbonyl (C=O) groups excluding carboxylic acids is 1. The van der Waals surface area contributed by atoms with Crippen LogP contribution in [0.25, 0.3) is 10.4 Å². The number of nitrogens with zero attached hydrogens (tertiary/aromatic N) is 3. The number of nitrogens with one attached hydrogen (secondary N) is 1. The van der Waals surface area contributed by atoms with E-state index in [1.165, 1.54) is 0 Å².